The number of fused-ring (bicyclic) bond motifs is 3. The Morgan fingerprint density at radius 1 is 1.32 bits per heavy atom. The molecule has 1 aliphatic carbocycles. The topological polar surface area (TPSA) is 24.9 Å². The monoisotopic (exact) mass is 378 g/mol. The van der Waals surface area contributed by atoms with E-state index < -0.39 is 0 Å². The van der Waals surface area contributed by atoms with E-state index in [1.54, 1.807) is 0 Å². The molecule has 0 bridgehead atoms. The summed E-state index contributed by atoms with van der Waals surface area (Å²) in [6.45, 7) is 1.01. The number of aromatic nitrogens is 1. The van der Waals surface area contributed by atoms with Gasteiger partial charge in [0.2, 0.25) is 0 Å². The molecule has 1 N–H and O–H groups in total. The van der Waals surface area contributed by atoms with E-state index >= 15 is 0 Å². The van der Waals surface area contributed by atoms with E-state index in [0.29, 0.717) is 6.04 Å². The summed E-state index contributed by atoms with van der Waals surface area (Å²) in [5, 5.41) is 3.64. The van der Waals surface area contributed by atoms with E-state index in [-0.39, 0.29) is 10.6 Å². The van der Waals surface area contributed by atoms with Crippen LogP contribution in [0.1, 0.15) is 24.1 Å². The van der Waals surface area contributed by atoms with E-state index in [0.717, 1.165) is 35.2 Å². The van der Waals surface area contributed by atoms with Crippen molar-refractivity contribution in [2.24, 2.45) is 0 Å². The average molecular weight is 379 g/mol. The van der Waals surface area contributed by atoms with Crippen LogP contribution in [-0.4, -0.2) is 17.6 Å². The molecule has 2 aliphatic rings. The lowest BCUT2D eigenvalue weighted by atomic mass is 9.82. The number of hydrogen-bond donors (Lipinski definition) is 1. The van der Waals surface area contributed by atoms with E-state index in [2.05, 4.69) is 27.3 Å². The molecule has 2 aromatic rings. The molecular formula is C17H16BrFN2S. The van der Waals surface area contributed by atoms with Crippen molar-refractivity contribution in [2.45, 2.75) is 34.9 Å². The third-order valence-corrected chi connectivity index (χ3v) is 6.59. The Balaban J connectivity index is 1.78. The highest BCUT2D eigenvalue weighted by Crippen LogP contribution is 2.52. The second kappa shape index (κ2) is 5.62. The molecule has 114 valence electrons. The molecule has 1 saturated heterocycles. The quantitative estimate of drug-likeness (QED) is 0.843. The van der Waals surface area contributed by atoms with Crippen molar-refractivity contribution in [3.05, 3.63) is 58.1 Å². The third-order valence-electron chi connectivity index (χ3n) is 4.60. The number of hydrogen-bond acceptors (Lipinski definition) is 3. The summed E-state index contributed by atoms with van der Waals surface area (Å²) in [5.41, 5.74) is 2.54. The Morgan fingerprint density at radius 3 is 2.95 bits per heavy atom. The Kier molecular flexibility index (Phi) is 3.75. The number of aryl methyl sites for hydroxylation is 1. The molecule has 0 radical (unpaired) electrons. The standard InChI is InChI=1S/C17H16BrFN2S/c18-12-9-11-1-6-15-17(7-8-20-15,16(11)21-10-12)22-14-4-2-13(19)3-5-14/h2-5,9-10,15,20H,1,6-8H2. The fourth-order valence-corrected chi connectivity index (χ4v) is 5.53. The van der Waals surface area contributed by atoms with Crippen LogP contribution in [0, 0.1) is 5.82 Å². The van der Waals surface area contributed by atoms with Gasteiger partial charge in [0.05, 0.1) is 10.4 Å². The van der Waals surface area contributed by atoms with Crippen LogP contribution in [0.2, 0.25) is 0 Å². The van der Waals surface area contributed by atoms with Crippen LogP contribution in [0.25, 0.3) is 0 Å². The molecule has 1 aliphatic heterocycles. The number of rotatable bonds is 2. The molecule has 2 unspecified atom stereocenters. The zero-order chi connectivity index (χ0) is 15.2. The summed E-state index contributed by atoms with van der Waals surface area (Å²) in [6, 6.07) is 9.45. The van der Waals surface area contributed by atoms with Gasteiger partial charge in [-0.05, 0) is 77.6 Å². The predicted octanol–water partition coefficient (Wildman–Crippen LogP) is 4.28. The first-order chi connectivity index (χ1) is 10.7. The van der Waals surface area contributed by atoms with E-state index in [9.17, 15) is 4.39 Å². The van der Waals surface area contributed by atoms with Crippen molar-refractivity contribution < 1.29 is 4.39 Å². The molecule has 1 aromatic heterocycles. The average Bonchev–Trinajstić information content (AvgIpc) is 2.93. The zero-order valence-electron chi connectivity index (χ0n) is 12.0. The molecule has 4 rings (SSSR count). The van der Waals surface area contributed by atoms with Gasteiger partial charge in [-0.25, -0.2) is 4.39 Å². The number of pyridine rings is 1. The van der Waals surface area contributed by atoms with Crippen LogP contribution in [0.5, 0.6) is 0 Å². The highest BCUT2D eigenvalue weighted by Gasteiger charge is 2.49. The number of halogens is 2. The molecule has 2 nitrogen and oxygen atoms in total. The molecule has 1 fully saturated rings. The second-order valence-corrected chi connectivity index (χ2v) is 8.22. The van der Waals surface area contributed by atoms with E-state index in [4.69, 9.17) is 4.98 Å². The largest absolute Gasteiger partial charge is 0.312 e. The Morgan fingerprint density at radius 2 is 2.14 bits per heavy atom. The van der Waals surface area contributed by atoms with Crippen molar-refractivity contribution in [3.8, 4) is 0 Å². The third kappa shape index (κ3) is 2.39. The van der Waals surface area contributed by atoms with Crippen LogP contribution < -0.4 is 5.32 Å². The zero-order valence-corrected chi connectivity index (χ0v) is 14.4. The second-order valence-electron chi connectivity index (χ2n) is 5.90. The summed E-state index contributed by atoms with van der Waals surface area (Å²) in [4.78, 5) is 5.87. The van der Waals surface area contributed by atoms with Gasteiger partial charge in [0.25, 0.3) is 0 Å². The molecule has 1 aromatic carbocycles. The molecule has 2 atom stereocenters. The molecule has 0 saturated carbocycles. The summed E-state index contributed by atoms with van der Waals surface area (Å²) in [5.74, 6) is -0.186. The van der Waals surface area contributed by atoms with Gasteiger partial charge in [0, 0.05) is 21.6 Å². The van der Waals surface area contributed by atoms with Crippen LogP contribution in [-0.2, 0) is 11.2 Å². The number of nitrogens with zero attached hydrogens (tertiary/aromatic N) is 1. The Bertz CT molecular complexity index is 706. The minimum absolute atomic E-state index is 0.0356. The molecule has 0 spiro atoms. The Hall–Kier alpha value is -0.910. The van der Waals surface area contributed by atoms with E-state index in [1.165, 1.54) is 23.4 Å². The molecule has 5 heteroatoms. The van der Waals surface area contributed by atoms with Crippen LogP contribution in [0.15, 0.2) is 45.9 Å². The van der Waals surface area contributed by atoms with Crippen LogP contribution in [0.3, 0.4) is 0 Å². The maximum absolute atomic E-state index is 13.2. The minimum atomic E-state index is -0.186. The number of thioether (sulfide) groups is 1. The highest BCUT2D eigenvalue weighted by molar-refractivity contribution is 9.10. The first kappa shape index (κ1) is 14.7. The fourth-order valence-electron chi connectivity index (χ4n) is 3.63. The van der Waals surface area contributed by atoms with Gasteiger partial charge in [-0.1, -0.05) is 0 Å². The molecule has 0 amide bonds. The lowest BCUT2D eigenvalue weighted by Gasteiger charge is -2.39. The SMILES string of the molecule is Fc1ccc(SC23CCNC2CCc2cc(Br)cnc23)cc1. The summed E-state index contributed by atoms with van der Waals surface area (Å²) in [6.07, 6.45) is 5.14. The van der Waals surface area contributed by atoms with Crippen LogP contribution >= 0.6 is 27.7 Å². The first-order valence-electron chi connectivity index (χ1n) is 7.50. The summed E-state index contributed by atoms with van der Waals surface area (Å²) >= 11 is 5.36. The normalized spacial score (nSPS) is 26.5. The number of benzene rings is 1. The summed E-state index contributed by atoms with van der Waals surface area (Å²) < 4.78 is 14.2. The van der Waals surface area contributed by atoms with Gasteiger partial charge in [0.1, 0.15) is 5.82 Å². The number of nitrogens with one attached hydrogen (secondary N) is 1. The highest BCUT2D eigenvalue weighted by atomic mass is 79.9. The van der Waals surface area contributed by atoms with Crippen molar-refractivity contribution in [1.29, 1.82) is 0 Å². The predicted molar refractivity (Wildman–Crippen MR) is 90.6 cm³/mol. The molecule has 22 heavy (non-hydrogen) atoms. The van der Waals surface area contributed by atoms with Gasteiger partial charge in [-0.2, -0.15) is 0 Å². The molecule has 2 heterocycles. The van der Waals surface area contributed by atoms with Crippen molar-refractivity contribution in [1.82, 2.24) is 10.3 Å². The lowest BCUT2D eigenvalue weighted by Crippen LogP contribution is -2.42. The van der Waals surface area contributed by atoms with Crippen molar-refractivity contribution in [2.75, 3.05) is 6.54 Å². The fraction of sp³-hybridized carbons (Fsp3) is 0.353. The smallest absolute Gasteiger partial charge is 0.123 e. The maximum atomic E-state index is 13.2. The first-order valence-corrected chi connectivity index (χ1v) is 9.11. The molecular weight excluding hydrogens is 363 g/mol. The summed E-state index contributed by atoms with van der Waals surface area (Å²) in [7, 11) is 0. The van der Waals surface area contributed by atoms with Crippen LogP contribution in [0.4, 0.5) is 4.39 Å². The van der Waals surface area contributed by atoms with Gasteiger partial charge < -0.3 is 5.32 Å². The van der Waals surface area contributed by atoms with Crippen molar-refractivity contribution >= 4 is 27.7 Å². The maximum Gasteiger partial charge on any atom is 0.123 e. The lowest BCUT2D eigenvalue weighted by molar-refractivity contribution is 0.437. The van der Waals surface area contributed by atoms with E-state index in [1.807, 2.05) is 30.1 Å². The minimum Gasteiger partial charge on any atom is -0.312 e. The van der Waals surface area contributed by atoms with Gasteiger partial charge >= 0.3 is 0 Å². The van der Waals surface area contributed by atoms with Gasteiger partial charge in [-0.3, -0.25) is 4.98 Å². The Labute approximate surface area is 142 Å². The van der Waals surface area contributed by atoms with Gasteiger partial charge in [0.15, 0.2) is 0 Å². The van der Waals surface area contributed by atoms with Crippen molar-refractivity contribution in [3.63, 3.8) is 0 Å². The van der Waals surface area contributed by atoms with Gasteiger partial charge in [-0.15, -0.1) is 11.8 Å².